The van der Waals surface area contributed by atoms with E-state index in [2.05, 4.69) is 29.6 Å². The number of hydrogen-bond acceptors (Lipinski definition) is 4. The Kier molecular flexibility index (Phi) is 6.56. The summed E-state index contributed by atoms with van der Waals surface area (Å²) in [6.45, 7) is 1.18. The Labute approximate surface area is 217 Å². The van der Waals surface area contributed by atoms with Gasteiger partial charge < -0.3 is 19.7 Å². The molecule has 0 aromatic heterocycles. The van der Waals surface area contributed by atoms with Crippen molar-refractivity contribution in [1.29, 1.82) is 0 Å². The third kappa shape index (κ3) is 4.80. The molecule has 2 fully saturated rings. The number of piperidine rings is 1. The third-order valence-corrected chi connectivity index (χ3v) is 8.13. The van der Waals surface area contributed by atoms with Crippen molar-refractivity contribution in [2.24, 2.45) is 5.92 Å². The molecule has 0 spiro atoms. The summed E-state index contributed by atoms with van der Waals surface area (Å²) in [5.74, 6) is 0.385. The smallest absolute Gasteiger partial charge is 0.410 e. The summed E-state index contributed by atoms with van der Waals surface area (Å²) >= 11 is 0. The molecule has 2 amide bonds. The third-order valence-electron chi connectivity index (χ3n) is 8.13. The van der Waals surface area contributed by atoms with Gasteiger partial charge in [0, 0.05) is 24.5 Å². The number of carbonyl (C=O) groups is 2. The number of nitrogens with zero attached hydrogens (tertiary/aromatic N) is 1. The zero-order valence-corrected chi connectivity index (χ0v) is 20.8. The lowest BCUT2D eigenvalue weighted by molar-refractivity contribution is 0.0525. The van der Waals surface area contributed by atoms with E-state index in [0.717, 1.165) is 31.2 Å². The molecule has 3 aliphatic rings. The molecule has 2 bridgehead atoms. The van der Waals surface area contributed by atoms with Crippen LogP contribution in [0.3, 0.4) is 0 Å². The van der Waals surface area contributed by atoms with E-state index >= 15 is 0 Å². The van der Waals surface area contributed by atoms with Gasteiger partial charge in [-0.1, -0.05) is 78.9 Å². The first kappa shape index (κ1) is 23.6. The number of hydrogen-bond donors (Lipinski definition) is 1. The van der Waals surface area contributed by atoms with E-state index in [1.807, 2.05) is 59.5 Å². The van der Waals surface area contributed by atoms with Gasteiger partial charge in [0.05, 0.1) is 0 Å². The Bertz CT molecular complexity index is 1220. The van der Waals surface area contributed by atoms with Crippen molar-refractivity contribution in [3.05, 3.63) is 95.6 Å². The summed E-state index contributed by atoms with van der Waals surface area (Å²) in [5, 5.41) is 2.99. The fraction of sp³-hybridized carbons (Fsp3) is 0.355. The monoisotopic (exact) mass is 496 g/mol. The van der Waals surface area contributed by atoms with Crippen molar-refractivity contribution in [2.75, 3.05) is 13.2 Å². The van der Waals surface area contributed by atoms with Crippen LogP contribution < -0.4 is 5.32 Å². The number of carbonyl (C=O) groups excluding carboxylic acids is 2. The van der Waals surface area contributed by atoms with Crippen LogP contribution in [0.2, 0.25) is 0 Å². The van der Waals surface area contributed by atoms with Crippen molar-refractivity contribution < 1.29 is 19.1 Å². The molecule has 190 valence electrons. The standard InChI is InChI=1S/C31H32N2O4/c34-30(36-20-29-27-12-6-4-10-25(27)26-11-5-7-13-28(26)29)32-18-22-16-23-14-15-24(17-22)33(23)31(35)37-19-21-8-2-1-3-9-21/h1-13,22-24,29H,14-20H2,(H,32,34). The van der Waals surface area contributed by atoms with Gasteiger partial charge in [-0.25, -0.2) is 9.59 Å². The van der Waals surface area contributed by atoms with Crippen LogP contribution in [-0.4, -0.2) is 42.3 Å². The lowest BCUT2D eigenvalue weighted by Gasteiger charge is -2.38. The van der Waals surface area contributed by atoms with Crippen molar-refractivity contribution in [2.45, 2.75) is 50.3 Å². The van der Waals surface area contributed by atoms with E-state index in [-0.39, 0.29) is 30.2 Å². The summed E-state index contributed by atoms with van der Waals surface area (Å²) in [6.07, 6.45) is 3.14. The molecule has 1 aliphatic carbocycles. The molecular weight excluding hydrogens is 464 g/mol. The Balaban J connectivity index is 0.989. The fourth-order valence-corrected chi connectivity index (χ4v) is 6.43. The second kappa shape index (κ2) is 10.3. The first-order valence-electron chi connectivity index (χ1n) is 13.2. The highest BCUT2D eigenvalue weighted by Crippen LogP contribution is 2.44. The van der Waals surface area contributed by atoms with Gasteiger partial charge in [0.25, 0.3) is 0 Å². The van der Waals surface area contributed by atoms with Crippen LogP contribution in [-0.2, 0) is 16.1 Å². The number of amides is 2. The summed E-state index contributed by atoms with van der Waals surface area (Å²) in [7, 11) is 0. The molecule has 2 unspecified atom stereocenters. The number of fused-ring (bicyclic) bond motifs is 5. The summed E-state index contributed by atoms with van der Waals surface area (Å²) in [5.41, 5.74) is 5.85. The quantitative estimate of drug-likeness (QED) is 0.447. The Morgan fingerprint density at radius 1 is 0.784 bits per heavy atom. The molecule has 2 heterocycles. The maximum atomic E-state index is 12.8. The van der Waals surface area contributed by atoms with Crippen LogP contribution >= 0.6 is 0 Å². The van der Waals surface area contributed by atoms with Crippen LogP contribution in [0.4, 0.5) is 9.59 Å². The number of ether oxygens (including phenoxy) is 2. The predicted octanol–water partition coefficient (Wildman–Crippen LogP) is 6.10. The van der Waals surface area contributed by atoms with Gasteiger partial charge in [-0.05, 0) is 59.4 Å². The maximum Gasteiger partial charge on any atom is 0.410 e. The molecule has 37 heavy (non-hydrogen) atoms. The zero-order valence-electron chi connectivity index (χ0n) is 20.8. The lowest BCUT2D eigenvalue weighted by Crippen LogP contribution is -2.48. The fourth-order valence-electron chi connectivity index (χ4n) is 6.43. The number of alkyl carbamates (subject to hydrolysis) is 1. The van der Waals surface area contributed by atoms with E-state index in [1.165, 1.54) is 22.3 Å². The average Bonchev–Trinajstić information content (AvgIpc) is 3.40. The van der Waals surface area contributed by atoms with Gasteiger partial charge in [0.15, 0.2) is 0 Å². The molecule has 6 nitrogen and oxygen atoms in total. The van der Waals surface area contributed by atoms with E-state index < -0.39 is 0 Å². The van der Waals surface area contributed by atoms with E-state index in [4.69, 9.17) is 9.47 Å². The Morgan fingerprint density at radius 3 is 2.03 bits per heavy atom. The minimum absolute atomic E-state index is 0.0548. The van der Waals surface area contributed by atoms with Gasteiger partial charge in [-0.2, -0.15) is 0 Å². The van der Waals surface area contributed by atoms with Gasteiger partial charge in [-0.3, -0.25) is 0 Å². The largest absolute Gasteiger partial charge is 0.449 e. The van der Waals surface area contributed by atoms with E-state index in [9.17, 15) is 9.59 Å². The second-order valence-corrected chi connectivity index (χ2v) is 10.4. The van der Waals surface area contributed by atoms with Crippen molar-refractivity contribution in [1.82, 2.24) is 10.2 Å². The summed E-state index contributed by atoms with van der Waals surface area (Å²) < 4.78 is 11.3. The first-order valence-corrected chi connectivity index (χ1v) is 13.2. The average molecular weight is 497 g/mol. The second-order valence-electron chi connectivity index (χ2n) is 10.4. The van der Waals surface area contributed by atoms with Crippen LogP contribution in [0.1, 0.15) is 48.3 Å². The lowest BCUT2D eigenvalue weighted by atomic mass is 9.91. The highest BCUT2D eigenvalue weighted by Gasteiger charge is 2.44. The molecule has 1 N–H and O–H groups in total. The molecule has 2 saturated heterocycles. The van der Waals surface area contributed by atoms with Gasteiger partial charge in [0.1, 0.15) is 13.2 Å². The molecule has 2 atom stereocenters. The van der Waals surface area contributed by atoms with Gasteiger partial charge >= 0.3 is 12.2 Å². The van der Waals surface area contributed by atoms with E-state index in [0.29, 0.717) is 25.7 Å². The normalized spacial score (nSPS) is 21.7. The summed E-state index contributed by atoms with van der Waals surface area (Å²) in [6, 6.07) is 26.8. The highest BCUT2D eigenvalue weighted by atomic mass is 16.6. The van der Waals surface area contributed by atoms with Crippen LogP contribution in [0.25, 0.3) is 11.1 Å². The van der Waals surface area contributed by atoms with Crippen molar-refractivity contribution in [3.8, 4) is 11.1 Å². The van der Waals surface area contributed by atoms with E-state index in [1.54, 1.807) is 0 Å². The SMILES string of the molecule is O=C(NCC1CC2CCC(C1)N2C(=O)OCc1ccccc1)OCC1c2ccccc2-c2ccccc21. The minimum Gasteiger partial charge on any atom is -0.449 e. The molecule has 2 aliphatic heterocycles. The number of benzene rings is 3. The molecule has 3 aromatic carbocycles. The van der Waals surface area contributed by atoms with Crippen molar-refractivity contribution in [3.63, 3.8) is 0 Å². The number of nitrogens with one attached hydrogen (secondary N) is 1. The Morgan fingerprint density at radius 2 is 1.38 bits per heavy atom. The summed E-state index contributed by atoms with van der Waals surface area (Å²) in [4.78, 5) is 27.4. The topological polar surface area (TPSA) is 67.9 Å². The predicted molar refractivity (Wildman–Crippen MR) is 141 cm³/mol. The molecule has 3 aromatic rings. The maximum absolute atomic E-state index is 12.8. The minimum atomic E-state index is -0.376. The zero-order chi connectivity index (χ0) is 25.2. The van der Waals surface area contributed by atoms with Gasteiger partial charge in [-0.15, -0.1) is 0 Å². The van der Waals surface area contributed by atoms with Crippen LogP contribution in [0.15, 0.2) is 78.9 Å². The molecule has 0 radical (unpaired) electrons. The molecule has 6 rings (SSSR count). The van der Waals surface area contributed by atoms with Crippen molar-refractivity contribution >= 4 is 12.2 Å². The molecule has 0 saturated carbocycles. The first-order chi connectivity index (χ1) is 18.2. The van der Waals surface area contributed by atoms with Crippen LogP contribution in [0, 0.1) is 5.92 Å². The Hall–Kier alpha value is -3.80. The molecular formula is C31H32N2O4. The number of rotatable bonds is 6. The highest BCUT2D eigenvalue weighted by molar-refractivity contribution is 5.79. The van der Waals surface area contributed by atoms with Crippen LogP contribution in [0.5, 0.6) is 0 Å². The molecule has 6 heteroatoms. The van der Waals surface area contributed by atoms with Gasteiger partial charge in [0.2, 0.25) is 0 Å².